The number of hydrogen-bond donors (Lipinski definition) is 0. The molecule has 28 heavy (non-hydrogen) atoms. The molecule has 0 saturated carbocycles. The Bertz CT molecular complexity index is 927. The smallest absolute Gasteiger partial charge is 0.227 e. The van der Waals surface area contributed by atoms with Crippen LogP contribution in [0.4, 0.5) is 0 Å². The summed E-state index contributed by atoms with van der Waals surface area (Å²) in [6.45, 7) is 0.426. The van der Waals surface area contributed by atoms with Gasteiger partial charge in [-0.2, -0.15) is 4.98 Å². The molecule has 0 atom stereocenters. The Hall–Kier alpha value is -3.42. The van der Waals surface area contributed by atoms with Crippen molar-refractivity contribution in [2.75, 3.05) is 21.3 Å². The van der Waals surface area contributed by atoms with Crippen LogP contribution in [0.3, 0.4) is 0 Å². The molecule has 0 bridgehead atoms. The van der Waals surface area contributed by atoms with E-state index in [0.29, 0.717) is 41.9 Å². The van der Waals surface area contributed by atoms with Gasteiger partial charge in [-0.3, -0.25) is 9.78 Å². The number of hydrogen-bond acceptors (Lipinski definition) is 7. The fourth-order valence-electron chi connectivity index (χ4n) is 2.69. The van der Waals surface area contributed by atoms with E-state index >= 15 is 0 Å². The van der Waals surface area contributed by atoms with Gasteiger partial charge in [0.25, 0.3) is 0 Å². The third-order valence-electron chi connectivity index (χ3n) is 4.24. The molecule has 1 aromatic carbocycles. The van der Waals surface area contributed by atoms with Crippen molar-refractivity contribution in [3.63, 3.8) is 0 Å². The number of benzene rings is 1. The van der Waals surface area contributed by atoms with Gasteiger partial charge in [0.05, 0.1) is 14.2 Å². The summed E-state index contributed by atoms with van der Waals surface area (Å²) in [5.74, 6) is 2.17. The molecule has 0 aliphatic rings. The third-order valence-corrected chi connectivity index (χ3v) is 4.24. The molecule has 0 spiro atoms. The minimum Gasteiger partial charge on any atom is -0.497 e. The largest absolute Gasteiger partial charge is 0.497 e. The molecule has 3 rings (SSSR count). The Morgan fingerprint density at radius 2 is 2.04 bits per heavy atom. The average Bonchev–Trinajstić information content (AvgIpc) is 3.22. The van der Waals surface area contributed by atoms with Crippen LogP contribution in [0, 0.1) is 0 Å². The molecule has 0 saturated heterocycles. The van der Waals surface area contributed by atoms with Crippen molar-refractivity contribution < 1.29 is 18.8 Å². The first-order valence-electron chi connectivity index (χ1n) is 8.79. The van der Waals surface area contributed by atoms with Crippen LogP contribution >= 0.6 is 0 Å². The van der Waals surface area contributed by atoms with E-state index in [-0.39, 0.29) is 12.3 Å². The van der Waals surface area contributed by atoms with Crippen LogP contribution < -0.4 is 9.47 Å². The highest BCUT2D eigenvalue weighted by molar-refractivity contribution is 5.76. The third kappa shape index (κ3) is 4.64. The monoisotopic (exact) mass is 382 g/mol. The molecule has 2 aromatic heterocycles. The van der Waals surface area contributed by atoms with Gasteiger partial charge < -0.3 is 18.9 Å². The number of methoxy groups -OCH3 is 2. The number of carbonyl (C=O) groups is 1. The second kappa shape index (κ2) is 8.98. The maximum Gasteiger partial charge on any atom is 0.227 e. The lowest BCUT2D eigenvalue weighted by Crippen LogP contribution is -2.26. The van der Waals surface area contributed by atoms with Gasteiger partial charge in [-0.1, -0.05) is 11.2 Å². The van der Waals surface area contributed by atoms with Crippen molar-refractivity contribution in [2.45, 2.75) is 19.4 Å². The van der Waals surface area contributed by atoms with E-state index in [9.17, 15) is 4.79 Å². The number of pyridine rings is 1. The number of ether oxygens (including phenoxy) is 2. The standard InChI is InChI=1S/C20H22N4O4/c1-24(13-14-7-8-15(26-2)12-17(14)27-3)19(25)10-9-18-22-20(23-28-18)16-6-4-5-11-21-16/h4-8,11-12H,9-10,13H2,1-3H3. The van der Waals surface area contributed by atoms with Crippen LogP contribution in [0.1, 0.15) is 17.9 Å². The molecule has 0 N–H and O–H groups in total. The fourth-order valence-corrected chi connectivity index (χ4v) is 2.69. The van der Waals surface area contributed by atoms with Crippen molar-refractivity contribution in [3.8, 4) is 23.0 Å². The summed E-state index contributed by atoms with van der Waals surface area (Å²) in [5, 5.41) is 3.91. The molecule has 146 valence electrons. The van der Waals surface area contributed by atoms with Crippen molar-refractivity contribution in [3.05, 3.63) is 54.0 Å². The maximum absolute atomic E-state index is 12.5. The lowest BCUT2D eigenvalue weighted by atomic mass is 10.1. The minimum absolute atomic E-state index is 0.0320. The molecule has 8 heteroatoms. The summed E-state index contributed by atoms with van der Waals surface area (Å²) in [5.41, 5.74) is 1.53. The molecule has 8 nitrogen and oxygen atoms in total. The highest BCUT2D eigenvalue weighted by Gasteiger charge is 2.15. The number of nitrogens with zero attached hydrogens (tertiary/aromatic N) is 4. The van der Waals surface area contributed by atoms with E-state index in [1.54, 1.807) is 44.5 Å². The topological polar surface area (TPSA) is 90.6 Å². The molecule has 0 aliphatic carbocycles. The SMILES string of the molecule is COc1ccc(CN(C)C(=O)CCc2nc(-c3ccccn3)no2)c(OC)c1. The highest BCUT2D eigenvalue weighted by Crippen LogP contribution is 2.25. The van der Waals surface area contributed by atoms with Gasteiger partial charge in [-0.25, -0.2) is 0 Å². The zero-order valence-electron chi connectivity index (χ0n) is 16.1. The second-order valence-corrected chi connectivity index (χ2v) is 6.15. The molecular formula is C20H22N4O4. The van der Waals surface area contributed by atoms with Gasteiger partial charge in [-0.15, -0.1) is 0 Å². The molecule has 0 radical (unpaired) electrons. The second-order valence-electron chi connectivity index (χ2n) is 6.15. The molecule has 3 aromatic rings. The lowest BCUT2D eigenvalue weighted by Gasteiger charge is -2.19. The van der Waals surface area contributed by atoms with Crippen molar-refractivity contribution in [1.29, 1.82) is 0 Å². The van der Waals surface area contributed by atoms with E-state index in [1.165, 1.54) is 0 Å². The normalized spacial score (nSPS) is 10.5. The lowest BCUT2D eigenvalue weighted by molar-refractivity contribution is -0.130. The van der Waals surface area contributed by atoms with Gasteiger partial charge in [0, 0.05) is 44.3 Å². The molecule has 0 fully saturated rings. The van der Waals surface area contributed by atoms with Crippen LogP contribution in [0.25, 0.3) is 11.5 Å². The van der Waals surface area contributed by atoms with Gasteiger partial charge in [0.1, 0.15) is 17.2 Å². The van der Waals surface area contributed by atoms with Crippen LogP contribution in [0.15, 0.2) is 47.1 Å². The predicted octanol–water partition coefficient (Wildman–Crippen LogP) is 2.74. The zero-order chi connectivity index (χ0) is 19.9. The van der Waals surface area contributed by atoms with Crippen molar-refractivity contribution >= 4 is 5.91 Å². The summed E-state index contributed by atoms with van der Waals surface area (Å²) in [7, 11) is 4.94. The quantitative estimate of drug-likeness (QED) is 0.591. The van der Waals surface area contributed by atoms with Gasteiger partial charge in [-0.05, 0) is 24.3 Å². The Morgan fingerprint density at radius 1 is 1.18 bits per heavy atom. The van der Waals surface area contributed by atoms with E-state index in [1.807, 2.05) is 24.3 Å². The van der Waals surface area contributed by atoms with E-state index < -0.39 is 0 Å². The first-order valence-corrected chi connectivity index (χ1v) is 8.79. The molecule has 0 aliphatic heterocycles. The zero-order valence-corrected chi connectivity index (χ0v) is 16.1. The summed E-state index contributed by atoms with van der Waals surface area (Å²) in [6.07, 6.45) is 2.29. The Labute approximate surface area is 163 Å². The van der Waals surface area contributed by atoms with Crippen LogP contribution in [-0.4, -0.2) is 47.2 Å². The molecule has 2 heterocycles. The predicted molar refractivity (Wildman–Crippen MR) is 102 cm³/mol. The number of aromatic nitrogens is 3. The van der Waals surface area contributed by atoms with E-state index in [2.05, 4.69) is 15.1 Å². The first kappa shape index (κ1) is 19.3. The molecular weight excluding hydrogens is 360 g/mol. The Kier molecular flexibility index (Phi) is 6.21. The maximum atomic E-state index is 12.5. The highest BCUT2D eigenvalue weighted by atomic mass is 16.5. The van der Waals surface area contributed by atoms with Crippen LogP contribution in [-0.2, 0) is 17.8 Å². The molecule has 1 amide bonds. The average molecular weight is 382 g/mol. The first-order chi connectivity index (χ1) is 13.6. The van der Waals surface area contributed by atoms with Gasteiger partial charge in [0.15, 0.2) is 0 Å². The summed E-state index contributed by atoms with van der Waals surface area (Å²) in [4.78, 5) is 22.6. The summed E-state index contributed by atoms with van der Waals surface area (Å²) in [6, 6.07) is 11.0. The summed E-state index contributed by atoms with van der Waals surface area (Å²) >= 11 is 0. The number of aryl methyl sites for hydroxylation is 1. The van der Waals surface area contributed by atoms with Crippen molar-refractivity contribution in [2.24, 2.45) is 0 Å². The van der Waals surface area contributed by atoms with Crippen molar-refractivity contribution in [1.82, 2.24) is 20.0 Å². The van der Waals surface area contributed by atoms with Crippen LogP contribution in [0.2, 0.25) is 0 Å². The van der Waals surface area contributed by atoms with Crippen LogP contribution in [0.5, 0.6) is 11.5 Å². The van der Waals surface area contributed by atoms with Gasteiger partial charge >= 0.3 is 0 Å². The number of carbonyl (C=O) groups excluding carboxylic acids is 1. The van der Waals surface area contributed by atoms with E-state index in [0.717, 1.165) is 5.56 Å². The summed E-state index contributed by atoms with van der Waals surface area (Å²) < 4.78 is 15.8. The number of amides is 1. The number of rotatable bonds is 8. The Balaban J connectivity index is 1.57. The minimum atomic E-state index is -0.0320. The fraction of sp³-hybridized carbons (Fsp3) is 0.300. The molecule has 0 unspecified atom stereocenters. The van der Waals surface area contributed by atoms with Gasteiger partial charge in [0.2, 0.25) is 17.6 Å². The Morgan fingerprint density at radius 3 is 2.75 bits per heavy atom. The van der Waals surface area contributed by atoms with E-state index in [4.69, 9.17) is 14.0 Å².